The minimum absolute atomic E-state index is 0.140. The third kappa shape index (κ3) is 1.83. The summed E-state index contributed by atoms with van der Waals surface area (Å²) in [6.45, 7) is 9.49. The van der Waals surface area contributed by atoms with Gasteiger partial charge in [0.25, 0.3) is 0 Å². The fraction of sp³-hybridized carbons (Fsp3) is 0.364. The van der Waals surface area contributed by atoms with Gasteiger partial charge in [0.15, 0.2) is 0 Å². The van der Waals surface area contributed by atoms with Crippen LogP contribution in [0.3, 0.4) is 0 Å². The van der Waals surface area contributed by atoms with Crippen molar-refractivity contribution >= 4 is 0 Å². The Labute approximate surface area is 133 Å². The lowest BCUT2D eigenvalue weighted by atomic mass is 9.64. The first kappa shape index (κ1) is 13.8. The lowest BCUT2D eigenvalue weighted by molar-refractivity contribution is 0.506. The molecule has 0 radical (unpaired) electrons. The molecule has 0 fully saturated rings. The van der Waals surface area contributed by atoms with E-state index in [1.165, 1.54) is 22.3 Å². The zero-order chi connectivity index (χ0) is 15.5. The Morgan fingerprint density at radius 2 is 1.64 bits per heavy atom. The Balaban J connectivity index is 2.06. The Kier molecular flexibility index (Phi) is 2.73. The van der Waals surface area contributed by atoms with Crippen molar-refractivity contribution < 1.29 is 0 Å². The summed E-state index contributed by atoms with van der Waals surface area (Å²) in [5.74, 6) is 0. The molecule has 0 saturated heterocycles. The van der Waals surface area contributed by atoms with Crippen LogP contribution in [-0.2, 0) is 23.7 Å². The molecule has 0 aromatic heterocycles. The Hall–Kier alpha value is -1.82. The van der Waals surface area contributed by atoms with E-state index >= 15 is 0 Å². The van der Waals surface area contributed by atoms with Crippen LogP contribution in [0, 0.1) is 0 Å². The quantitative estimate of drug-likeness (QED) is 0.555. The van der Waals surface area contributed by atoms with Crippen molar-refractivity contribution in [3.63, 3.8) is 0 Å². The molecule has 2 aromatic carbocycles. The van der Waals surface area contributed by atoms with E-state index in [2.05, 4.69) is 76.2 Å². The number of hydrogen-bond acceptors (Lipinski definition) is 0. The van der Waals surface area contributed by atoms with Gasteiger partial charge in [0.05, 0.1) is 0 Å². The number of benzene rings is 2. The first-order valence-corrected chi connectivity index (χ1v) is 8.33. The van der Waals surface area contributed by atoms with Crippen molar-refractivity contribution in [1.82, 2.24) is 0 Å². The van der Waals surface area contributed by atoms with Crippen LogP contribution in [0.5, 0.6) is 0 Å². The summed E-state index contributed by atoms with van der Waals surface area (Å²) < 4.78 is 0. The summed E-state index contributed by atoms with van der Waals surface area (Å²) in [6.07, 6.45) is 6.94. The van der Waals surface area contributed by atoms with Crippen molar-refractivity contribution in [2.45, 2.75) is 51.4 Å². The second-order valence-electron chi connectivity index (χ2n) is 8.06. The zero-order valence-corrected chi connectivity index (χ0v) is 14.0. The van der Waals surface area contributed by atoms with Crippen LogP contribution in [-0.4, -0.2) is 0 Å². The minimum Gasteiger partial charge on any atom is -0.0833 e. The molecule has 0 unspecified atom stereocenters. The standard InChI is InChI=1S/C22H24/c1-21(2)13-7-8-15-11-12-16-17-9-5-6-10-19(17)22(3,4)14-18(16)20(15)21/h5-7,9-13H,8,14H2,1-4H3. The smallest absolute Gasteiger partial charge is 0.00812 e. The van der Waals surface area contributed by atoms with Gasteiger partial charge < -0.3 is 0 Å². The molecule has 2 aromatic rings. The first-order chi connectivity index (χ1) is 10.4. The first-order valence-electron chi connectivity index (χ1n) is 8.33. The molecule has 0 aliphatic heterocycles. The maximum Gasteiger partial charge on any atom is 0.00812 e. The van der Waals surface area contributed by atoms with Gasteiger partial charge in [-0.1, -0.05) is 76.2 Å². The van der Waals surface area contributed by atoms with Crippen molar-refractivity contribution in [2.75, 3.05) is 0 Å². The van der Waals surface area contributed by atoms with Crippen LogP contribution >= 0.6 is 0 Å². The Morgan fingerprint density at radius 1 is 0.864 bits per heavy atom. The molecule has 0 N–H and O–H groups in total. The minimum atomic E-state index is 0.140. The monoisotopic (exact) mass is 288 g/mol. The molecule has 0 atom stereocenters. The van der Waals surface area contributed by atoms with E-state index in [9.17, 15) is 0 Å². The van der Waals surface area contributed by atoms with E-state index in [0.29, 0.717) is 0 Å². The summed E-state index contributed by atoms with van der Waals surface area (Å²) in [6, 6.07) is 13.7. The van der Waals surface area contributed by atoms with Crippen LogP contribution in [0.25, 0.3) is 11.1 Å². The average Bonchev–Trinajstić information content (AvgIpc) is 2.46. The van der Waals surface area contributed by atoms with Gasteiger partial charge in [-0.2, -0.15) is 0 Å². The molecule has 22 heavy (non-hydrogen) atoms. The molecule has 2 aliphatic rings. The van der Waals surface area contributed by atoms with E-state index in [0.717, 1.165) is 12.8 Å². The third-order valence-corrected chi connectivity index (χ3v) is 5.48. The molecule has 0 nitrogen and oxygen atoms in total. The average molecular weight is 288 g/mol. The van der Waals surface area contributed by atoms with E-state index in [1.807, 2.05) is 0 Å². The largest absolute Gasteiger partial charge is 0.0833 e. The normalized spacial score (nSPS) is 20.0. The van der Waals surface area contributed by atoms with E-state index < -0.39 is 0 Å². The molecule has 0 amide bonds. The fourth-order valence-electron chi connectivity index (χ4n) is 4.51. The van der Waals surface area contributed by atoms with Crippen molar-refractivity contribution in [3.8, 4) is 11.1 Å². The fourth-order valence-corrected chi connectivity index (χ4v) is 4.51. The summed E-state index contributed by atoms with van der Waals surface area (Å²) in [7, 11) is 0. The maximum atomic E-state index is 2.39. The number of hydrogen-bond donors (Lipinski definition) is 0. The van der Waals surface area contributed by atoms with Crippen molar-refractivity contribution in [2.24, 2.45) is 0 Å². The van der Waals surface area contributed by atoms with Crippen molar-refractivity contribution in [1.29, 1.82) is 0 Å². The zero-order valence-electron chi connectivity index (χ0n) is 14.0. The van der Waals surface area contributed by atoms with Gasteiger partial charge in [-0.3, -0.25) is 0 Å². The van der Waals surface area contributed by atoms with Gasteiger partial charge in [0.2, 0.25) is 0 Å². The Bertz CT molecular complexity index is 788. The van der Waals surface area contributed by atoms with E-state index in [1.54, 1.807) is 11.1 Å². The molecular weight excluding hydrogens is 264 g/mol. The highest BCUT2D eigenvalue weighted by Crippen LogP contribution is 2.48. The molecule has 4 rings (SSSR count). The second-order valence-corrected chi connectivity index (χ2v) is 8.06. The number of fused-ring (bicyclic) bond motifs is 5. The molecule has 2 aliphatic carbocycles. The lowest BCUT2D eigenvalue weighted by Crippen LogP contribution is -2.30. The SMILES string of the molecule is CC1(C)C=CCc2ccc3c(c21)CC(C)(C)c1ccccc1-3. The topological polar surface area (TPSA) is 0 Å². The summed E-state index contributed by atoms with van der Waals surface area (Å²) in [5, 5.41) is 0. The highest BCUT2D eigenvalue weighted by Gasteiger charge is 2.36. The van der Waals surface area contributed by atoms with Crippen molar-refractivity contribution in [3.05, 3.63) is 70.8 Å². The van der Waals surface area contributed by atoms with Gasteiger partial charge in [-0.15, -0.1) is 0 Å². The highest BCUT2D eigenvalue weighted by atomic mass is 14.4. The molecule has 0 heteroatoms. The predicted molar refractivity (Wildman–Crippen MR) is 94.5 cm³/mol. The van der Waals surface area contributed by atoms with Gasteiger partial charge in [0.1, 0.15) is 0 Å². The summed E-state index contributed by atoms with van der Waals surface area (Å²) in [4.78, 5) is 0. The van der Waals surface area contributed by atoms with Crippen LogP contribution in [0.15, 0.2) is 48.6 Å². The molecule has 0 saturated carbocycles. The van der Waals surface area contributed by atoms with Gasteiger partial charge >= 0.3 is 0 Å². The van der Waals surface area contributed by atoms with Gasteiger partial charge in [-0.25, -0.2) is 0 Å². The Morgan fingerprint density at radius 3 is 2.45 bits per heavy atom. The summed E-state index contributed by atoms with van der Waals surface area (Å²) >= 11 is 0. The predicted octanol–water partition coefficient (Wildman–Crippen LogP) is 5.58. The second kappa shape index (κ2) is 4.35. The molecule has 112 valence electrons. The number of rotatable bonds is 0. The molecular formula is C22H24. The third-order valence-electron chi connectivity index (χ3n) is 5.48. The van der Waals surface area contributed by atoms with Crippen LogP contribution in [0.2, 0.25) is 0 Å². The van der Waals surface area contributed by atoms with E-state index in [4.69, 9.17) is 0 Å². The van der Waals surface area contributed by atoms with Crippen LogP contribution < -0.4 is 0 Å². The van der Waals surface area contributed by atoms with E-state index in [-0.39, 0.29) is 10.8 Å². The van der Waals surface area contributed by atoms with Crippen LogP contribution in [0.1, 0.15) is 49.9 Å². The molecule has 0 spiro atoms. The maximum absolute atomic E-state index is 2.39. The highest BCUT2D eigenvalue weighted by molar-refractivity contribution is 5.77. The molecule has 0 heterocycles. The van der Waals surface area contributed by atoms with Crippen LogP contribution in [0.4, 0.5) is 0 Å². The van der Waals surface area contributed by atoms with Gasteiger partial charge in [-0.05, 0) is 51.6 Å². The summed E-state index contributed by atoms with van der Waals surface area (Å²) in [5.41, 5.74) is 9.40. The van der Waals surface area contributed by atoms with Gasteiger partial charge in [0, 0.05) is 5.41 Å². The number of allylic oxidation sites excluding steroid dienone is 2. The molecule has 0 bridgehead atoms. The lowest BCUT2D eigenvalue weighted by Gasteiger charge is -2.39.